The van der Waals surface area contributed by atoms with E-state index in [2.05, 4.69) is 6.07 Å². The van der Waals surface area contributed by atoms with Crippen LogP contribution < -0.4 is 19.6 Å². The van der Waals surface area contributed by atoms with Crippen LogP contribution in [0.1, 0.15) is 34.6 Å². The van der Waals surface area contributed by atoms with Gasteiger partial charge in [0.15, 0.2) is 17.3 Å². The summed E-state index contributed by atoms with van der Waals surface area (Å²) in [6.07, 6.45) is 1.55. The maximum atomic E-state index is 13.3. The summed E-state index contributed by atoms with van der Waals surface area (Å²) in [7, 11) is 0. The third-order valence-electron chi connectivity index (χ3n) is 8.00. The van der Waals surface area contributed by atoms with Crippen LogP contribution in [-0.4, -0.2) is 39.6 Å². The van der Waals surface area contributed by atoms with Gasteiger partial charge in [0.25, 0.3) is 0 Å². The van der Waals surface area contributed by atoms with E-state index in [4.69, 9.17) is 18.6 Å². The first-order chi connectivity index (χ1) is 21.3. The van der Waals surface area contributed by atoms with Crippen LogP contribution in [0.25, 0.3) is 22.3 Å². The van der Waals surface area contributed by atoms with E-state index >= 15 is 0 Å². The zero-order valence-corrected chi connectivity index (χ0v) is 23.2. The average Bonchev–Trinajstić information content (AvgIpc) is 3.48. The summed E-state index contributed by atoms with van der Waals surface area (Å²) in [5.41, 5.74) is 2.53. The quantitative estimate of drug-likeness (QED) is 0.116. The summed E-state index contributed by atoms with van der Waals surface area (Å²) < 4.78 is 23.0. The molecule has 1 atom stereocenters. The molecular weight excluding hydrogens is 568 g/mol. The number of rotatable bonds is 6. The Balaban J connectivity index is 1.22. The van der Waals surface area contributed by atoms with Crippen molar-refractivity contribution in [3.05, 3.63) is 99.2 Å². The number of esters is 1. The van der Waals surface area contributed by atoms with Gasteiger partial charge in [-0.25, -0.2) is 0 Å². The van der Waals surface area contributed by atoms with Crippen LogP contribution in [0.15, 0.2) is 75.9 Å². The van der Waals surface area contributed by atoms with Crippen molar-refractivity contribution in [1.29, 1.82) is 0 Å². The minimum Gasteiger partial charge on any atom is -0.507 e. The van der Waals surface area contributed by atoms with Crippen molar-refractivity contribution in [1.82, 2.24) is 0 Å². The Morgan fingerprint density at radius 3 is 2.45 bits per heavy atom. The number of phenols is 3. The van der Waals surface area contributed by atoms with Gasteiger partial charge in [-0.15, -0.1) is 0 Å². The van der Waals surface area contributed by atoms with E-state index in [1.807, 2.05) is 24.3 Å². The average molecular weight is 595 g/mol. The van der Waals surface area contributed by atoms with Crippen LogP contribution in [0.3, 0.4) is 0 Å². The minimum atomic E-state index is -0.913. The third-order valence-corrected chi connectivity index (χ3v) is 8.00. The van der Waals surface area contributed by atoms with Crippen molar-refractivity contribution >= 4 is 16.9 Å². The number of hydrogen-bond donors (Lipinski definition) is 4. The van der Waals surface area contributed by atoms with Gasteiger partial charge >= 0.3 is 5.97 Å². The molecule has 222 valence electrons. The summed E-state index contributed by atoms with van der Waals surface area (Å²) >= 11 is 0. The standard InChI is InChI=1S/C34H26O10/c35-23-7-4-20(14-24(23)36)33-32(40)31(39)30-25(37)16-27-29(34(30)44-33)22(15-28(38)43-27)18-2-5-21(6-3-18)41-11-9-17-1-8-26-19(13-17)10-12-42-26/h1-8,13-14,16,22,35-37,40H,9-12,15H2/t22-/m0/s1. The molecule has 10 heteroatoms. The Labute approximate surface area is 249 Å². The first-order valence-electron chi connectivity index (χ1n) is 14.0. The highest BCUT2D eigenvalue weighted by molar-refractivity contribution is 5.94. The highest BCUT2D eigenvalue weighted by atomic mass is 16.5. The van der Waals surface area contributed by atoms with Crippen molar-refractivity contribution < 1.29 is 43.8 Å². The van der Waals surface area contributed by atoms with Crippen LogP contribution in [0.5, 0.6) is 40.2 Å². The molecule has 7 rings (SSSR count). The molecule has 0 saturated heterocycles. The highest BCUT2D eigenvalue weighted by Crippen LogP contribution is 2.47. The van der Waals surface area contributed by atoms with Crippen LogP contribution in [0.2, 0.25) is 0 Å². The van der Waals surface area contributed by atoms with Gasteiger partial charge in [0.2, 0.25) is 11.2 Å². The molecule has 0 saturated carbocycles. The molecule has 4 aromatic carbocycles. The lowest BCUT2D eigenvalue weighted by Gasteiger charge is -2.26. The smallest absolute Gasteiger partial charge is 0.312 e. The van der Waals surface area contributed by atoms with E-state index in [1.165, 1.54) is 17.7 Å². The monoisotopic (exact) mass is 594 g/mol. The van der Waals surface area contributed by atoms with Crippen LogP contribution in [0, 0.1) is 0 Å². The van der Waals surface area contributed by atoms with E-state index in [0.29, 0.717) is 30.1 Å². The second-order valence-electron chi connectivity index (χ2n) is 10.8. The van der Waals surface area contributed by atoms with Crippen molar-refractivity contribution in [3.8, 4) is 51.6 Å². The van der Waals surface area contributed by atoms with Gasteiger partial charge in [-0.2, -0.15) is 0 Å². The maximum Gasteiger partial charge on any atom is 0.312 e. The molecule has 0 radical (unpaired) electrons. The fourth-order valence-corrected chi connectivity index (χ4v) is 5.81. The second-order valence-corrected chi connectivity index (χ2v) is 10.8. The zero-order valence-electron chi connectivity index (χ0n) is 23.2. The van der Waals surface area contributed by atoms with Crippen LogP contribution in [0.4, 0.5) is 0 Å². The summed E-state index contributed by atoms with van der Waals surface area (Å²) in [6.45, 7) is 1.17. The molecule has 0 amide bonds. The number of phenolic OH excluding ortho intramolecular Hbond substituents is 3. The lowest BCUT2D eigenvalue weighted by molar-refractivity contribution is -0.135. The second kappa shape index (κ2) is 10.6. The minimum absolute atomic E-state index is 0.0182. The highest BCUT2D eigenvalue weighted by Gasteiger charge is 2.34. The van der Waals surface area contributed by atoms with Crippen LogP contribution in [-0.2, 0) is 17.6 Å². The molecular formula is C34H26O10. The molecule has 1 aromatic heterocycles. The molecule has 0 aliphatic carbocycles. The molecule has 0 spiro atoms. The van der Waals surface area contributed by atoms with Gasteiger partial charge in [0.05, 0.1) is 19.6 Å². The molecule has 2 aliphatic rings. The SMILES string of the molecule is O=C1C[C@@H](c2ccc(OCCc3ccc4c(c3)CCO4)cc2)c2c(cc(O)c3c(=O)c(O)c(-c4ccc(O)c(O)c4)oc23)O1. The number of aromatic hydroxyl groups is 4. The lowest BCUT2D eigenvalue weighted by atomic mass is 9.85. The molecule has 5 aromatic rings. The summed E-state index contributed by atoms with van der Waals surface area (Å²) in [5.74, 6) is -2.07. The van der Waals surface area contributed by atoms with Gasteiger partial charge < -0.3 is 39.1 Å². The largest absolute Gasteiger partial charge is 0.507 e. The number of ether oxygens (including phenoxy) is 3. The van der Waals surface area contributed by atoms with E-state index < -0.39 is 40.3 Å². The van der Waals surface area contributed by atoms with Gasteiger partial charge in [-0.1, -0.05) is 24.3 Å². The molecule has 0 bridgehead atoms. The number of fused-ring (bicyclic) bond motifs is 4. The Kier molecular flexibility index (Phi) is 6.54. The topological polar surface area (TPSA) is 156 Å². The van der Waals surface area contributed by atoms with Crippen molar-refractivity contribution in [2.24, 2.45) is 0 Å². The van der Waals surface area contributed by atoms with Crippen molar-refractivity contribution in [2.75, 3.05) is 13.2 Å². The van der Waals surface area contributed by atoms with Crippen LogP contribution >= 0.6 is 0 Å². The summed E-state index contributed by atoms with van der Waals surface area (Å²) in [5, 5.41) is 40.8. The number of hydrogen-bond acceptors (Lipinski definition) is 10. The summed E-state index contributed by atoms with van der Waals surface area (Å²) in [4.78, 5) is 25.9. The van der Waals surface area contributed by atoms with E-state index in [9.17, 15) is 30.0 Å². The molecule has 0 fully saturated rings. The van der Waals surface area contributed by atoms with Gasteiger partial charge in [-0.05, 0) is 53.1 Å². The fraction of sp³-hybridized carbons (Fsp3) is 0.176. The normalized spacial score (nSPS) is 15.4. The van der Waals surface area contributed by atoms with E-state index in [0.717, 1.165) is 36.3 Å². The van der Waals surface area contributed by atoms with Crippen molar-refractivity contribution in [2.45, 2.75) is 25.2 Å². The predicted octanol–water partition coefficient (Wildman–Crippen LogP) is 5.28. The first kappa shape index (κ1) is 27.2. The Morgan fingerprint density at radius 2 is 1.66 bits per heavy atom. The number of carbonyl (C=O) groups is 1. The van der Waals surface area contributed by atoms with Gasteiger partial charge in [0.1, 0.15) is 34.0 Å². The molecule has 10 nitrogen and oxygen atoms in total. The van der Waals surface area contributed by atoms with E-state index in [-0.39, 0.29) is 34.5 Å². The molecule has 3 heterocycles. The van der Waals surface area contributed by atoms with Gasteiger partial charge in [-0.3, -0.25) is 9.59 Å². The molecule has 44 heavy (non-hydrogen) atoms. The van der Waals surface area contributed by atoms with E-state index in [1.54, 1.807) is 12.1 Å². The van der Waals surface area contributed by atoms with Gasteiger partial charge in [0, 0.05) is 36.0 Å². The Morgan fingerprint density at radius 1 is 0.841 bits per heavy atom. The predicted molar refractivity (Wildman–Crippen MR) is 158 cm³/mol. The Bertz CT molecular complexity index is 2010. The Hall–Kier alpha value is -5.64. The molecule has 4 N–H and O–H groups in total. The molecule has 2 aliphatic heterocycles. The number of benzene rings is 4. The fourth-order valence-electron chi connectivity index (χ4n) is 5.81. The lowest BCUT2D eigenvalue weighted by Crippen LogP contribution is -2.22. The summed E-state index contributed by atoms with van der Waals surface area (Å²) in [6, 6.07) is 18.2. The number of carbonyl (C=O) groups excluding carboxylic acids is 1. The first-order valence-corrected chi connectivity index (χ1v) is 14.0. The zero-order chi connectivity index (χ0) is 30.5. The maximum absolute atomic E-state index is 13.3. The molecule has 0 unspecified atom stereocenters. The third kappa shape index (κ3) is 4.70. The van der Waals surface area contributed by atoms with Crippen molar-refractivity contribution in [3.63, 3.8) is 0 Å².